The van der Waals surface area contributed by atoms with E-state index in [1.165, 1.54) is 12.4 Å². The summed E-state index contributed by atoms with van der Waals surface area (Å²) in [5.74, 6) is -0.0996. The first kappa shape index (κ1) is 12.1. The third-order valence-electron chi connectivity index (χ3n) is 2.20. The number of rotatable bonds is 5. The van der Waals surface area contributed by atoms with Gasteiger partial charge in [0.2, 0.25) is 5.88 Å². The second kappa shape index (κ2) is 4.87. The van der Waals surface area contributed by atoms with E-state index < -0.39 is 12.8 Å². The van der Waals surface area contributed by atoms with Crippen molar-refractivity contribution in [3.63, 3.8) is 0 Å². The molecule has 1 aromatic heterocycles. The van der Waals surface area contributed by atoms with Crippen molar-refractivity contribution < 1.29 is 17.9 Å². The van der Waals surface area contributed by atoms with Gasteiger partial charge in [-0.1, -0.05) is 0 Å². The molecule has 0 spiro atoms. The summed E-state index contributed by atoms with van der Waals surface area (Å²) in [7, 11) is 0. The molecular formula is C10H12F3N3O. The maximum absolute atomic E-state index is 11.9. The Bertz CT molecular complexity index is 379. The van der Waals surface area contributed by atoms with Gasteiger partial charge in [-0.3, -0.25) is 4.98 Å². The van der Waals surface area contributed by atoms with Gasteiger partial charge in [-0.2, -0.15) is 13.2 Å². The second-order valence-corrected chi connectivity index (χ2v) is 3.91. The van der Waals surface area contributed by atoms with Crippen molar-refractivity contribution >= 4 is 0 Å². The predicted molar refractivity (Wildman–Crippen MR) is 53.4 cm³/mol. The highest BCUT2D eigenvalue weighted by Gasteiger charge is 2.28. The minimum absolute atomic E-state index is 0.0996. The lowest BCUT2D eigenvalue weighted by molar-refractivity contribution is -0.154. The van der Waals surface area contributed by atoms with Gasteiger partial charge < -0.3 is 10.1 Å². The van der Waals surface area contributed by atoms with Crippen molar-refractivity contribution in [1.82, 2.24) is 15.3 Å². The van der Waals surface area contributed by atoms with Crippen molar-refractivity contribution in [1.29, 1.82) is 0 Å². The molecule has 7 heteroatoms. The average molecular weight is 247 g/mol. The molecule has 1 heterocycles. The zero-order valence-corrected chi connectivity index (χ0v) is 9.00. The summed E-state index contributed by atoms with van der Waals surface area (Å²) in [5.41, 5.74) is 0.580. The number of nitrogens with one attached hydrogen (secondary N) is 1. The zero-order chi connectivity index (χ0) is 12.3. The molecule has 0 unspecified atom stereocenters. The summed E-state index contributed by atoms with van der Waals surface area (Å²) in [6.45, 7) is -0.845. The molecule has 1 aromatic rings. The minimum Gasteiger partial charge on any atom is -0.467 e. The number of ether oxygens (including phenoxy) is 1. The van der Waals surface area contributed by atoms with E-state index >= 15 is 0 Å². The van der Waals surface area contributed by atoms with Gasteiger partial charge in [0.1, 0.15) is 0 Å². The molecule has 0 aliphatic heterocycles. The van der Waals surface area contributed by atoms with Gasteiger partial charge in [0, 0.05) is 18.8 Å². The number of nitrogens with zero attached hydrogens (tertiary/aromatic N) is 2. The van der Waals surface area contributed by atoms with Crippen molar-refractivity contribution in [3.05, 3.63) is 18.1 Å². The average Bonchev–Trinajstić information content (AvgIpc) is 3.07. The molecule has 0 aromatic carbocycles. The van der Waals surface area contributed by atoms with E-state index in [2.05, 4.69) is 20.0 Å². The van der Waals surface area contributed by atoms with Crippen LogP contribution < -0.4 is 10.1 Å². The van der Waals surface area contributed by atoms with Gasteiger partial charge in [0.05, 0.1) is 11.9 Å². The molecular weight excluding hydrogens is 235 g/mol. The van der Waals surface area contributed by atoms with Crippen LogP contribution in [0, 0.1) is 0 Å². The maximum atomic E-state index is 11.9. The van der Waals surface area contributed by atoms with E-state index in [4.69, 9.17) is 0 Å². The lowest BCUT2D eigenvalue weighted by Crippen LogP contribution is -2.20. The molecule has 1 N–H and O–H groups in total. The highest BCUT2D eigenvalue weighted by molar-refractivity contribution is 5.08. The Kier molecular flexibility index (Phi) is 3.46. The zero-order valence-electron chi connectivity index (χ0n) is 9.00. The Hall–Kier alpha value is -1.37. The Balaban J connectivity index is 1.86. The third kappa shape index (κ3) is 4.56. The topological polar surface area (TPSA) is 47.0 Å². The fourth-order valence-corrected chi connectivity index (χ4v) is 1.23. The van der Waals surface area contributed by atoms with Gasteiger partial charge in [-0.15, -0.1) is 0 Å². The van der Waals surface area contributed by atoms with Crippen molar-refractivity contribution in [2.45, 2.75) is 31.6 Å². The summed E-state index contributed by atoms with van der Waals surface area (Å²) < 4.78 is 40.3. The molecule has 1 fully saturated rings. The Morgan fingerprint density at radius 1 is 1.35 bits per heavy atom. The number of halogens is 3. The first-order chi connectivity index (χ1) is 8.03. The molecule has 1 aliphatic rings. The first-order valence-electron chi connectivity index (χ1n) is 5.27. The number of aromatic nitrogens is 2. The highest BCUT2D eigenvalue weighted by Crippen LogP contribution is 2.19. The summed E-state index contributed by atoms with van der Waals surface area (Å²) in [4.78, 5) is 7.72. The summed E-state index contributed by atoms with van der Waals surface area (Å²) >= 11 is 0. The van der Waals surface area contributed by atoms with Gasteiger partial charge in [0.25, 0.3) is 0 Å². The van der Waals surface area contributed by atoms with Crippen molar-refractivity contribution in [2.24, 2.45) is 0 Å². The van der Waals surface area contributed by atoms with E-state index in [0.29, 0.717) is 18.3 Å². The molecule has 1 saturated carbocycles. The lowest BCUT2D eigenvalue weighted by Gasteiger charge is -2.09. The summed E-state index contributed by atoms with van der Waals surface area (Å²) in [5, 5.41) is 3.19. The maximum Gasteiger partial charge on any atom is 0.422 e. The normalized spacial score (nSPS) is 15.9. The van der Waals surface area contributed by atoms with Crippen LogP contribution in [0.25, 0.3) is 0 Å². The Morgan fingerprint density at radius 2 is 2.12 bits per heavy atom. The van der Waals surface area contributed by atoms with Crippen LogP contribution in [0.1, 0.15) is 18.5 Å². The monoisotopic (exact) mass is 247 g/mol. The molecule has 4 nitrogen and oxygen atoms in total. The van der Waals surface area contributed by atoms with Crippen LogP contribution in [-0.4, -0.2) is 28.8 Å². The van der Waals surface area contributed by atoms with Crippen LogP contribution in [0.5, 0.6) is 5.88 Å². The Labute approximate surface area is 96.2 Å². The van der Waals surface area contributed by atoms with Gasteiger partial charge in [0.15, 0.2) is 6.61 Å². The smallest absolute Gasteiger partial charge is 0.422 e. The summed E-state index contributed by atoms with van der Waals surface area (Å²) in [6, 6.07) is 0.511. The predicted octanol–water partition coefficient (Wildman–Crippen LogP) is 1.67. The lowest BCUT2D eigenvalue weighted by atomic mass is 10.4. The van der Waals surface area contributed by atoms with E-state index in [1.54, 1.807) is 0 Å². The molecule has 0 atom stereocenters. The minimum atomic E-state index is -4.36. The van der Waals surface area contributed by atoms with Gasteiger partial charge >= 0.3 is 6.18 Å². The van der Waals surface area contributed by atoms with Crippen molar-refractivity contribution in [3.8, 4) is 5.88 Å². The molecule has 1 aliphatic carbocycles. The molecule has 0 bridgehead atoms. The van der Waals surface area contributed by atoms with E-state index in [-0.39, 0.29) is 5.88 Å². The fourth-order valence-electron chi connectivity index (χ4n) is 1.23. The SMILES string of the molecule is FC(F)(F)COc1cncc(CNC2CC2)n1. The second-order valence-electron chi connectivity index (χ2n) is 3.91. The molecule has 2 rings (SSSR count). The first-order valence-corrected chi connectivity index (χ1v) is 5.27. The quantitative estimate of drug-likeness (QED) is 0.859. The van der Waals surface area contributed by atoms with Crippen LogP contribution >= 0.6 is 0 Å². The van der Waals surface area contributed by atoms with Crippen molar-refractivity contribution in [2.75, 3.05) is 6.61 Å². The van der Waals surface area contributed by atoms with Crippen LogP contribution in [-0.2, 0) is 6.54 Å². The van der Waals surface area contributed by atoms with Crippen LogP contribution in [0.2, 0.25) is 0 Å². The Morgan fingerprint density at radius 3 is 2.76 bits per heavy atom. The third-order valence-corrected chi connectivity index (χ3v) is 2.20. The van der Waals surface area contributed by atoms with Gasteiger partial charge in [-0.05, 0) is 12.8 Å². The van der Waals surface area contributed by atoms with E-state index in [0.717, 1.165) is 12.8 Å². The molecule has 0 saturated heterocycles. The molecule has 94 valence electrons. The highest BCUT2D eigenvalue weighted by atomic mass is 19.4. The fraction of sp³-hybridized carbons (Fsp3) is 0.600. The van der Waals surface area contributed by atoms with Crippen LogP contribution in [0.15, 0.2) is 12.4 Å². The number of hydrogen-bond acceptors (Lipinski definition) is 4. The number of alkyl halides is 3. The molecule has 0 amide bonds. The summed E-state index contributed by atoms with van der Waals surface area (Å²) in [6.07, 6.45) is 0.599. The largest absolute Gasteiger partial charge is 0.467 e. The van der Waals surface area contributed by atoms with E-state index in [9.17, 15) is 13.2 Å². The van der Waals surface area contributed by atoms with Crippen LogP contribution in [0.4, 0.5) is 13.2 Å². The molecule has 0 radical (unpaired) electrons. The number of hydrogen-bond donors (Lipinski definition) is 1. The van der Waals surface area contributed by atoms with Crippen LogP contribution in [0.3, 0.4) is 0 Å². The van der Waals surface area contributed by atoms with E-state index in [1.807, 2.05) is 0 Å². The van der Waals surface area contributed by atoms with Gasteiger partial charge in [-0.25, -0.2) is 4.98 Å². The standard InChI is InChI=1S/C10H12F3N3O/c11-10(12,13)6-17-9-5-14-3-8(16-9)4-15-7-1-2-7/h3,5,7,15H,1-2,4,6H2. The molecule has 17 heavy (non-hydrogen) atoms.